The Bertz CT molecular complexity index is 422. The van der Waals surface area contributed by atoms with Crippen LogP contribution < -0.4 is 5.32 Å². The van der Waals surface area contributed by atoms with Crippen molar-refractivity contribution >= 4 is 5.91 Å². The van der Waals surface area contributed by atoms with Crippen molar-refractivity contribution in [3.8, 4) is 0 Å². The minimum Gasteiger partial charge on any atom is -0.395 e. The zero-order valence-electron chi connectivity index (χ0n) is 12.1. The van der Waals surface area contributed by atoms with Crippen LogP contribution in [0.15, 0.2) is 30.3 Å². The van der Waals surface area contributed by atoms with Gasteiger partial charge in [0, 0.05) is 12.6 Å². The second-order valence-electron chi connectivity index (χ2n) is 5.56. The average molecular weight is 276 g/mol. The first-order chi connectivity index (χ1) is 9.70. The van der Waals surface area contributed by atoms with Gasteiger partial charge in [-0.15, -0.1) is 0 Å². The number of amides is 1. The van der Waals surface area contributed by atoms with Gasteiger partial charge in [0.15, 0.2) is 0 Å². The predicted molar refractivity (Wildman–Crippen MR) is 79.5 cm³/mol. The monoisotopic (exact) mass is 276 g/mol. The quantitative estimate of drug-likeness (QED) is 0.825. The Morgan fingerprint density at radius 1 is 1.45 bits per heavy atom. The van der Waals surface area contributed by atoms with Gasteiger partial charge in [-0.3, -0.25) is 9.69 Å². The summed E-state index contributed by atoms with van der Waals surface area (Å²) in [7, 11) is 0. The van der Waals surface area contributed by atoms with Gasteiger partial charge in [0.2, 0.25) is 5.91 Å². The van der Waals surface area contributed by atoms with E-state index >= 15 is 0 Å². The second kappa shape index (κ2) is 7.41. The first-order valence-electron chi connectivity index (χ1n) is 7.37. The van der Waals surface area contributed by atoms with Crippen molar-refractivity contribution in [2.24, 2.45) is 0 Å². The number of carbonyl (C=O) groups excluding carboxylic acids is 1. The Balaban J connectivity index is 1.75. The molecule has 0 aromatic heterocycles. The molecule has 20 heavy (non-hydrogen) atoms. The third kappa shape index (κ3) is 4.05. The smallest absolute Gasteiger partial charge is 0.234 e. The van der Waals surface area contributed by atoms with Crippen molar-refractivity contribution in [1.82, 2.24) is 10.2 Å². The molecule has 2 rings (SSSR count). The number of likely N-dealkylation sites (tertiary alicyclic amines) is 1. The number of aliphatic hydroxyl groups is 1. The molecule has 2 atom stereocenters. The Labute approximate surface area is 120 Å². The largest absolute Gasteiger partial charge is 0.395 e. The maximum absolute atomic E-state index is 12.0. The van der Waals surface area contributed by atoms with E-state index in [1.165, 1.54) is 5.56 Å². The van der Waals surface area contributed by atoms with Crippen LogP contribution >= 0.6 is 0 Å². The summed E-state index contributed by atoms with van der Waals surface area (Å²) in [5.41, 5.74) is 1.24. The first-order valence-corrected chi connectivity index (χ1v) is 7.37. The topological polar surface area (TPSA) is 52.6 Å². The molecule has 2 N–H and O–H groups in total. The van der Waals surface area contributed by atoms with Crippen molar-refractivity contribution in [1.29, 1.82) is 0 Å². The molecule has 0 aliphatic carbocycles. The predicted octanol–water partition coefficient (Wildman–Crippen LogP) is 1.36. The van der Waals surface area contributed by atoms with E-state index in [1.54, 1.807) is 0 Å². The van der Waals surface area contributed by atoms with Crippen molar-refractivity contribution in [2.75, 3.05) is 26.2 Å². The number of nitrogens with one attached hydrogen (secondary N) is 1. The molecule has 0 radical (unpaired) electrons. The molecule has 0 saturated carbocycles. The highest BCUT2D eigenvalue weighted by Gasteiger charge is 2.25. The van der Waals surface area contributed by atoms with Gasteiger partial charge in [-0.05, 0) is 30.9 Å². The van der Waals surface area contributed by atoms with Gasteiger partial charge in [0.1, 0.15) is 0 Å². The van der Waals surface area contributed by atoms with Crippen LogP contribution in [0.25, 0.3) is 0 Å². The van der Waals surface area contributed by atoms with Gasteiger partial charge in [0.05, 0.1) is 13.2 Å². The van der Waals surface area contributed by atoms with Crippen molar-refractivity contribution in [3.63, 3.8) is 0 Å². The van der Waals surface area contributed by atoms with Crippen LogP contribution in [0.5, 0.6) is 0 Å². The summed E-state index contributed by atoms with van der Waals surface area (Å²) in [6, 6.07) is 10.4. The van der Waals surface area contributed by atoms with Crippen molar-refractivity contribution in [2.45, 2.75) is 31.7 Å². The number of benzene rings is 1. The Morgan fingerprint density at radius 2 is 2.20 bits per heavy atom. The standard InChI is InChI=1S/C16H24N2O2/c1-13(14-6-3-2-4-7-14)10-17-16(20)11-18-9-5-8-15(18)12-19/h2-4,6-7,13,15,19H,5,8-12H2,1H3,(H,17,20). The molecule has 0 bridgehead atoms. The number of hydrogen-bond donors (Lipinski definition) is 2. The fourth-order valence-corrected chi connectivity index (χ4v) is 2.72. The average Bonchev–Trinajstić information content (AvgIpc) is 2.92. The fourth-order valence-electron chi connectivity index (χ4n) is 2.72. The highest BCUT2D eigenvalue weighted by molar-refractivity contribution is 5.78. The van der Waals surface area contributed by atoms with Gasteiger partial charge in [-0.1, -0.05) is 37.3 Å². The van der Waals surface area contributed by atoms with Crippen LogP contribution in [0.2, 0.25) is 0 Å². The maximum Gasteiger partial charge on any atom is 0.234 e. The van der Waals surface area contributed by atoms with Gasteiger partial charge in [-0.2, -0.15) is 0 Å². The van der Waals surface area contributed by atoms with Gasteiger partial charge in [-0.25, -0.2) is 0 Å². The van der Waals surface area contributed by atoms with Crippen LogP contribution in [0.3, 0.4) is 0 Å². The van der Waals surface area contributed by atoms with Gasteiger partial charge >= 0.3 is 0 Å². The molecule has 4 heteroatoms. The molecule has 1 aromatic rings. The van der Waals surface area contributed by atoms with E-state index in [1.807, 2.05) is 18.2 Å². The summed E-state index contributed by atoms with van der Waals surface area (Å²) < 4.78 is 0. The molecule has 1 aliphatic rings. The lowest BCUT2D eigenvalue weighted by Crippen LogP contribution is -2.41. The van der Waals surface area contributed by atoms with E-state index < -0.39 is 0 Å². The Hall–Kier alpha value is -1.39. The molecule has 1 fully saturated rings. The van der Waals surface area contributed by atoms with E-state index in [2.05, 4.69) is 29.3 Å². The van der Waals surface area contributed by atoms with Crippen LogP contribution in [0.4, 0.5) is 0 Å². The summed E-state index contributed by atoms with van der Waals surface area (Å²) in [6.07, 6.45) is 2.06. The van der Waals surface area contributed by atoms with Crippen molar-refractivity contribution < 1.29 is 9.90 Å². The Morgan fingerprint density at radius 3 is 2.90 bits per heavy atom. The summed E-state index contributed by atoms with van der Waals surface area (Å²) >= 11 is 0. The maximum atomic E-state index is 12.0. The molecular formula is C16H24N2O2. The zero-order chi connectivity index (χ0) is 14.4. The Kier molecular flexibility index (Phi) is 5.56. The second-order valence-corrected chi connectivity index (χ2v) is 5.56. The number of nitrogens with zero attached hydrogens (tertiary/aromatic N) is 1. The SMILES string of the molecule is CC(CNC(=O)CN1CCCC1CO)c1ccccc1. The molecule has 4 nitrogen and oxygen atoms in total. The zero-order valence-corrected chi connectivity index (χ0v) is 12.1. The minimum absolute atomic E-state index is 0.0492. The van der Waals surface area contributed by atoms with Crippen LogP contribution in [0.1, 0.15) is 31.2 Å². The normalized spacial score (nSPS) is 20.8. The number of hydrogen-bond acceptors (Lipinski definition) is 3. The van der Waals surface area contributed by atoms with Crippen LogP contribution in [-0.2, 0) is 4.79 Å². The molecular weight excluding hydrogens is 252 g/mol. The van der Waals surface area contributed by atoms with Gasteiger partial charge < -0.3 is 10.4 Å². The van der Waals surface area contributed by atoms with E-state index in [-0.39, 0.29) is 18.6 Å². The highest BCUT2D eigenvalue weighted by Crippen LogP contribution is 2.16. The lowest BCUT2D eigenvalue weighted by Gasteiger charge is -2.22. The van der Waals surface area contributed by atoms with E-state index in [4.69, 9.17) is 0 Å². The van der Waals surface area contributed by atoms with Crippen LogP contribution in [0, 0.1) is 0 Å². The summed E-state index contributed by atoms with van der Waals surface area (Å²) in [5, 5.41) is 12.2. The summed E-state index contributed by atoms with van der Waals surface area (Å²) in [5.74, 6) is 0.362. The summed E-state index contributed by atoms with van der Waals surface area (Å²) in [6.45, 7) is 4.22. The molecule has 1 heterocycles. The molecule has 0 spiro atoms. The first kappa shape index (κ1) is 15.0. The van der Waals surface area contributed by atoms with Crippen molar-refractivity contribution in [3.05, 3.63) is 35.9 Å². The molecule has 1 saturated heterocycles. The van der Waals surface area contributed by atoms with Gasteiger partial charge in [0.25, 0.3) is 0 Å². The fraction of sp³-hybridized carbons (Fsp3) is 0.562. The minimum atomic E-state index is 0.0492. The van der Waals surface area contributed by atoms with E-state index in [0.717, 1.165) is 19.4 Å². The molecule has 1 aromatic carbocycles. The number of aliphatic hydroxyl groups excluding tert-OH is 1. The lowest BCUT2D eigenvalue weighted by molar-refractivity contribution is -0.122. The van der Waals surface area contributed by atoms with Crippen LogP contribution in [-0.4, -0.2) is 48.2 Å². The molecule has 110 valence electrons. The highest BCUT2D eigenvalue weighted by atomic mass is 16.3. The third-order valence-corrected chi connectivity index (χ3v) is 4.03. The summed E-state index contributed by atoms with van der Waals surface area (Å²) in [4.78, 5) is 14.0. The van der Waals surface area contributed by atoms with E-state index in [0.29, 0.717) is 19.0 Å². The van der Waals surface area contributed by atoms with E-state index in [9.17, 15) is 9.90 Å². The molecule has 1 aliphatic heterocycles. The lowest BCUT2D eigenvalue weighted by atomic mass is 10.0. The number of rotatable bonds is 6. The molecule has 1 amide bonds. The molecule has 2 unspecified atom stereocenters. The number of carbonyl (C=O) groups is 1. The third-order valence-electron chi connectivity index (χ3n) is 4.03.